The normalized spacial score (nSPS) is 30.4. The number of hydrogen-bond acceptors (Lipinski definition) is 6. The zero-order valence-corrected chi connectivity index (χ0v) is 20.7. The molecule has 1 aromatic carbocycles. The van der Waals surface area contributed by atoms with Crippen molar-refractivity contribution in [1.82, 2.24) is 15.2 Å². The number of likely N-dealkylation sites (N-methyl/N-ethyl adjacent to an activating group) is 1. The molecule has 34 heavy (non-hydrogen) atoms. The minimum atomic E-state index is -1.40. The summed E-state index contributed by atoms with van der Waals surface area (Å²) in [5.74, 6) is 0.733. The van der Waals surface area contributed by atoms with Gasteiger partial charge in [-0.25, -0.2) is 4.79 Å². The number of ether oxygens (including phenoxy) is 1. The molecule has 1 heterocycles. The molecule has 0 spiro atoms. The Balaban J connectivity index is 1.59. The Labute approximate surface area is 202 Å². The third kappa shape index (κ3) is 4.32. The molecule has 2 aliphatic rings. The highest BCUT2D eigenvalue weighted by atomic mass is 16.6. The van der Waals surface area contributed by atoms with Crippen molar-refractivity contribution in [2.24, 2.45) is 5.92 Å². The second-order valence-corrected chi connectivity index (χ2v) is 10.4. The van der Waals surface area contributed by atoms with Gasteiger partial charge in [-0.3, -0.25) is 4.98 Å². The Morgan fingerprint density at radius 1 is 1.26 bits per heavy atom. The number of amides is 1. The first-order valence-electron chi connectivity index (χ1n) is 12.2. The number of rotatable bonds is 6. The van der Waals surface area contributed by atoms with Crippen molar-refractivity contribution in [3.8, 4) is 5.75 Å². The lowest BCUT2D eigenvalue weighted by molar-refractivity contribution is -0.207. The highest BCUT2D eigenvalue weighted by Crippen LogP contribution is 2.59. The summed E-state index contributed by atoms with van der Waals surface area (Å²) in [6, 6.07) is 11.3. The fourth-order valence-corrected chi connectivity index (χ4v) is 6.14. The molecule has 4 unspecified atom stereocenters. The van der Waals surface area contributed by atoms with Crippen LogP contribution in [0, 0.1) is 5.92 Å². The van der Waals surface area contributed by atoms with Gasteiger partial charge in [-0.15, -0.1) is 0 Å². The highest BCUT2D eigenvalue weighted by Gasteiger charge is 2.61. The molecule has 1 saturated carbocycles. The molecule has 4 rings (SSSR count). The third-order valence-electron chi connectivity index (χ3n) is 8.01. The monoisotopic (exact) mass is 467 g/mol. The maximum Gasteiger partial charge on any atom is 0.412 e. The molecule has 0 saturated heterocycles. The number of hydrogen-bond donors (Lipinski definition) is 3. The van der Waals surface area contributed by atoms with E-state index in [9.17, 15) is 15.0 Å². The van der Waals surface area contributed by atoms with Crippen molar-refractivity contribution in [2.75, 3.05) is 27.2 Å². The van der Waals surface area contributed by atoms with E-state index in [0.717, 1.165) is 31.4 Å². The van der Waals surface area contributed by atoms with Gasteiger partial charge in [0.05, 0.1) is 11.3 Å². The van der Waals surface area contributed by atoms with Crippen molar-refractivity contribution >= 4 is 6.09 Å². The van der Waals surface area contributed by atoms with Crippen LogP contribution in [0.15, 0.2) is 42.6 Å². The van der Waals surface area contributed by atoms with Crippen LogP contribution in [0.25, 0.3) is 0 Å². The molecule has 7 heteroatoms. The van der Waals surface area contributed by atoms with E-state index in [1.54, 1.807) is 19.2 Å². The van der Waals surface area contributed by atoms with Crippen LogP contribution in [0.1, 0.15) is 56.4 Å². The molecule has 2 aliphatic carbocycles. The number of pyridine rings is 1. The Kier molecular flexibility index (Phi) is 6.73. The predicted octanol–water partition coefficient (Wildman–Crippen LogP) is 3.37. The van der Waals surface area contributed by atoms with Gasteiger partial charge in [0.2, 0.25) is 0 Å². The topological polar surface area (TPSA) is 94.9 Å². The average Bonchev–Trinajstić information content (AvgIpc) is 2.80. The lowest BCUT2D eigenvalue weighted by Crippen LogP contribution is -2.62. The quantitative estimate of drug-likeness (QED) is 0.603. The molecule has 2 aromatic rings. The number of nitrogens with one attached hydrogen (secondary N) is 1. The Morgan fingerprint density at radius 2 is 2.06 bits per heavy atom. The van der Waals surface area contributed by atoms with Crippen LogP contribution >= 0.6 is 0 Å². The van der Waals surface area contributed by atoms with Gasteiger partial charge < -0.3 is 25.2 Å². The largest absolute Gasteiger partial charge is 0.412 e. The van der Waals surface area contributed by atoms with Crippen molar-refractivity contribution < 1.29 is 19.7 Å². The smallest absolute Gasteiger partial charge is 0.410 e. The predicted molar refractivity (Wildman–Crippen MR) is 131 cm³/mol. The number of aromatic nitrogens is 1. The summed E-state index contributed by atoms with van der Waals surface area (Å²) < 4.78 is 5.53. The summed E-state index contributed by atoms with van der Waals surface area (Å²) in [4.78, 5) is 18.6. The Bertz CT molecular complexity index is 1030. The summed E-state index contributed by atoms with van der Waals surface area (Å²) in [5, 5.41) is 26.1. The van der Waals surface area contributed by atoms with Crippen LogP contribution in [0.2, 0.25) is 0 Å². The first kappa shape index (κ1) is 24.6. The van der Waals surface area contributed by atoms with Crippen LogP contribution in [-0.2, 0) is 17.4 Å². The minimum absolute atomic E-state index is 0.207. The number of benzene rings is 1. The first-order chi connectivity index (χ1) is 16.1. The molecule has 1 aromatic heterocycles. The van der Waals surface area contributed by atoms with E-state index in [1.807, 2.05) is 43.3 Å². The van der Waals surface area contributed by atoms with Gasteiger partial charge in [0.25, 0.3) is 0 Å². The van der Waals surface area contributed by atoms with Crippen LogP contribution in [0.5, 0.6) is 5.75 Å². The van der Waals surface area contributed by atoms with Gasteiger partial charge in [0.1, 0.15) is 11.4 Å². The zero-order chi connectivity index (χ0) is 24.6. The number of carbonyl (C=O) groups excluding carboxylic acids is 1. The van der Waals surface area contributed by atoms with E-state index in [4.69, 9.17) is 4.74 Å². The van der Waals surface area contributed by atoms with Crippen LogP contribution in [-0.4, -0.2) is 59.0 Å². The Morgan fingerprint density at radius 3 is 2.74 bits per heavy atom. The molecule has 1 fully saturated rings. The van der Waals surface area contributed by atoms with Crippen molar-refractivity contribution in [1.29, 1.82) is 0 Å². The summed E-state index contributed by atoms with van der Waals surface area (Å²) >= 11 is 0. The van der Waals surface area contributed by atoms with E-state index in [2.05, 4.69) is 23.3 Å². The highest BCUT2D eigenvalue weighted by molar-refractivity contribution is 5.70. The van der Waals surface area contributed by atoms with Crippen LogP contribution in [0.4, 0.5) is 4.79 Å². The number of aliphatic hydroxyl groups is 2. The van der Waals surface area contributed by atoms with Gasteiger partial charge in [-0.1, -0.05) is 19.1 Å². The number of carbonyl (C=O) groups is 1. The van der Waals surface area contributed by atoms with Crippen molar-refractivity contribution in [3.63, 3.8) is 0 Å². The zero-order valence-electron chi connectivity index (χ0n) is 20.7. The lowest BCUT2D eigenvalue weighted by atomic mass is 9.49. The van der Waals surface area contributed by atoms with Crippen molar-refractivity contribution in [2.45, 2.75) is 62.6 Å². The minimum Gasteiger partial charge on any atom is -0.410 e. The second-order valence-electron chi connectivity index (χ2n) is 10.4. The molecule has 7 nitrogen and oxygen atoms in total. The molecule has 184 valence electrons. The summed E-state index contributed by atoms with van der Waals surface area (Å²) in [6.07, 6.45) is 4.68. The molecule has 3 N–H and O–H groups in total. The average molecular weight is 468 g/mol. The summed E-state index contributed by atoms with van der Waals surface area (Å²) in [7, 11) is 3.90. The van der Waals surface area contributed by atoms with E-state index < -0.39 is 17.3 Å². The molecular weight excluding hydrogens is 430 g/mol. The maximum absolute atomic E-state index is 12.2. The standard InChI is InChI=1S/C27H37N3O4/c1-5-26-18-25(2,32)27(33,23-8-6-7-13-28-23)17-20(26)10-9-19-16-21(11-12-22(19)26)34-24(31)29-14-15-30(3)4/h6-8,11-13,16,20,32-33H,5,9-10,14-15,17-18H2,1-4H3,(H,29,31). The lowest BCUT2D eigenvalue weighted by Gasteiger charge is -2.58. The van der Waals surface area contributed by atoms with Crippen LogP contribution in [0.3, 0.4) is 0 Å². The molecule has 0 aliphatic heterocycles. The van der Waals surface area contributed by atoms with Gasteiger partial charge in [-0.05, 0) is 94.4 Å². The second kappa shape index (κ2) is 9.29. The SMILES string of the molecule is CCC12CC(C)(O)C(O)(c3ccccn3)CC1CCc1cc(OC(=O)NCCN(C)C)ccc12. The molecule has 0 bridgehead atoms. The molecular formula is C27H37N3O4. The van der Waals surface area contributed by atoms with Crippen LogP contribution < -0.4 is 10.1 Å². The van der Waals surface area contributed by atoms with E-state index in [-0.39, 0.29) is 11.3 Å². The fraction of sp³-hybridized carbons (Fsp3) is 0.556. The number of aryl methyl sites for hydroxylation is 1. The first-order valence-corrected chi connectivity index (χ1v) is 12.2. The third-order valence-corrected chi connectivity index (χ3v) is 8.01. The van der Waals surface area contributed by atoms with E-state index in [1.165, 1.54) is 5.56 Å². The maximum atomic E-state index is 12.2. The van der Waals surface area contributed by atoms with Gasteiger partial charge in [0, 0.05) is 24.7 Å². The number of nitrogens with zero attached hydrogens (tertiary/aromatic N) is 2. The summed E-state index contributed by atoms with van der Waals surface area (Å²) in [6.45, 7) is 5.15. The Hall–Kier alpha value is -2.48. The van der Waals surface area contributed by atoms with Crippen molar-refractivity contribution in [3.05, 3.63) is 59.4 Å². The molecule has 1 amide bonds. The molecule has 4 atom stereocenters. The van der Waals surface area contributed by atoms with E-state index >= 15 is 0 Å². The van der Waals surface area contributed by atoms with E-state index in [0.29, 0.717) is 30.8 Å². The van der Waals surface area contributed by atoms with Gasteiger partial charge in [0.15, 0.2) is 0 Å². The van der Waals surface area contributed by atoms with Gasteiger partial charge in [-0.2, -0.15) is 0 Å². The fourth-order valence-electron chi connectivity index (χ4n) is 6.14. The van der Waals surface area contributed by atoms with Gasteiger partial charge >= 0.3 is 6.09 Å². The molecule has 0 radical (unpaired) electrons. The number of fused-ring (bicyclic) bond motifs is 3. The summed E-state index contributed by atoms with van der Waals surface area (Å²) in [5.41, 5.74) is -0.137.